The van der Waals surface area contributed by atoms with E-state index in [1.165, 1.54) is 19.2 Å². The van der Waals surface area contributed by atoms with Crippen LogP contribution in [0.5, 0.6) is 11.5 Å². The van der Waals surface area contributed by atoms with Gasteiger partial charge in [0.25, 0.3) is 9.05 Å². The number of hydrogen-bond acceptors (Lipinski definition) is 4. The van der Waals surface area contributed by atoms with Gasteiger partial charge >= 0.3 is 0 Å². The number of ether oxygens (including phenoxy) is 2. The number of halogens is 2. The maximum atomic E-state index is 11.2. The summed E-state index contributed by atoms with van der Waals surface area (Å²) in [6, 6.07) is 2.49. The van der Waals surface area contributed by atoms with Crippen molar-refractivity contribution in [2.45, 2.75) is 11.8 Å². The second kappa shape index (κ2) is 5.12. The molecule has 1 aromatic rings. The van der Waals surface area contributed by atoms with Crippen LogP contribution in [0.2, 0.25) is 5.02 Å². The molecule has 7 heteroatoms. The molecule has 0 aromatic heterocycles. The van der Waals surface area contributed by atoms with Crippen molar-refractivity contribution in [1.29, 1.82) is 0 Å². The van der Waals surface area contributed by atoms with E-state index in [1.807, 2.05) is 0 Å². The minimum absolute atomic E-state index is 0.122. The summed E-state index contributed by atoms with van der Waals surface area (Å²) in [5.74, 6) is 0.532. The zero-order valence-corrected chi connectivity index (χ0v) is 11.0. The van der Waals surface area contributed by atoms with E-state index in [4.69, 9.17) is 31.8 Å². The van der Waals surface area contributed by atoms with Gasteiger partial charge in [-0.15, -0.1) is 0 Å². The Morgan fingerprint density at radius 3 is 2.44 bits per heavy atom. The largest absolute Gasteiger partial charge is 0.491 e. The molecule has 0 aliphatic carbocycles. The molecule has 0 N–H and O–H groups in total. The first kappa shape index (κ1) is 13.4. The molecule has 0 unspecified atom stereocenters. The molecule has 0 amide bonds. The quantitative estimate of drug-likeness (QED) is 0.798. The fourth-order valence-corrected chi connectivity index (χ4v) is 2.27. The van der Waals surface area contributed by atoms with Gasteiger partial charge in [-0.3, -0.25) is 0 Å². The van der Waals surface area contributed by atoms with Gasteiger partial charge in [0.15, 0.2) is 11.5 Å². The van der Waals surface area contributed by atoms with E-state index in [-0.39, 0.29) is 21.4 Å². The molecule has 0 saturated heterocycles. The van der Waals surface area contributed by atoms with Gasteiger partial charge in [-0.05, 0) is 13.0 Å². The molecule has 0 saturated carbocycles. The molecule has 90 valence electrons. The van der Waals surface area contributed by atoms with Gasteiger partial charge in [0.2, 0.25) is 0 Å². The highest BCUT2D eigenvalue weighted by Gasteiger charge is 2.18. The Morgan fingerprint density at radius 1 is 1.38 bits per heavy atom. The third-order valence-electron chi connectivity index (χ3n) is 1.77. The van der Waals surface area contributed by atoms with Gasteiger partial charge in [-0.25, -0.2) is 8.42 Å². The first-order valence-corrected chi connectivity index (χ1v) is 7.04. The van der Waals surface area contributed by atoms with Crippen LogP contribution in [0.15, 0.2) is 17.0 Å². The Hall–Kier alpha value is -0.650. The van der Waals surface area contributed by atoms with Gasteiger partial charge in [0.05, 0.1) is 23.6 Å². The Balaban J connectivity index is 3.39. The Bertz CT molecular complexity index is 485. The molecule has 0 aliphatic heterocycles. The number of benzene rings is 1. The summed E-state index contributed by atoms with van der Waals surface area (Å²) in [7, 11) is 2.79. The second-order valence-electron chi connectivity index (χ2n) is 2.81. The van der Waals surface area contributed by atoms with Crippen LogP contribution in [0.3, 0.4) is 0 Å². The molecule has 0 heterocycles. The van der Waals surface area contributed by atoms with Crippen LogP contribution in [0.1, 0.15) is 6.92 Å². The van der Waals surface area contributed by atoms with Crippen molar-refractivity contribution in [3.05, 3.63) is 17.2 Å². The van der Waals surface area contributed by atoms with E-state index in [0.717, 1.165) is 0 Å². The lowest BCUT2D eigenvalue weighted by atomic mass is 10.3. The van der Waals surface area contributed by atoms with E-state index in [0.29, 0.717) is 6.61 Å². The molecule has 0 atom stereocenters. The molecule has 16 heavy (non-hydrogen) atoms. The summed E-state index contributed by atoms with van der Waals surface area (Å²) in [6.07, 6.45) is 0. The average molecular weight is 285 g/mol. The minimum atomic E-state index is -3.84. The zero-order valence-electron chi connectivity index (χ0n) is 8.66. The van der Waals surface area contributed by atoms with E-state index >= 15 is 0 Å². The number of methoxy groups -OCH3 is 1. The molecule has 0 radical (unpaired) electrons. The van der Waals surface area contributed by atoms with Crippen LogP contribution in [0.4, 0.5) is 0 Å². The van der Waals surface area contributed by atoms with Crippen molar-refractivity contribution in [2.24, 2.45) is 0 Å². The second-order valence-corrected chi connectivity index (χ2v) is 5.78. The van der Waals surface area contributed by atoms with Crippen LogP contribution in [0.25, 0.3) is 0 Å². The first-order valence-electron chi connectivity index (χ1n) is 4.35. The predicted molar refractivity (Wildman–Crippen MR) is 62.2 cm³/mol. The average Bonchev–Trinajstić information content (AvgIpc) is 2.16. The van der Waals surface area contributed by atoms with Crippen molar-refractivity contribution in [1.82, 2.24) is 0 Å². The van der Waals surface area contributed by atoms with Crippen molar-refractivity contribution in [2.75, 3.05) is 13.7 Å². The minimum Gasteiger partial charge on any atom is -0.491 e. The van der Waals surface area contributed by atoms with Gasteiger partial charge < -0.3 is 9.47 Å². The summed E-state index contributed by atoms with van der Waals surface area (Å²) in [5, 5.41) is 0.132. The smallest absolute Gasteiger partial charge is 0.261 e. The molecule has 1 aromatic carbocycles. The monoisotopic (exact) mass is 284 g/mol. The SMILES string of the molecule is CCOc1cc(S(=O)(=O)Cl)cc(Cl)c1OC. The summed E-state index contributed by atoms with van der Waals surface area (Å²) < 4.78 is 32.5. The van der Waals surface area contributed by atoms with Crippen LogP contribution < -0.4 is 9.47 Å². The van der Waals surface area contributed by atoms with Crippen LogP contribution >= 0.6 is 22.3 Å². The molecule has 4 nitrogen and oxygen atoms in total. The van der Waals surface area contributed by atoms with E-state index in [9.17, 15) is 8.42 Å². The van der Waals surface area contributed by atoms with Gasteiger partial charge in [0.1, 0.15) is 0 Å². The Labute approximate surface area is 103 Å². The van der Waals surface area contributed by atoms with Crippen molar-refractivity contribution in [3.63, 3.8) is 0 Å². The number of rotatable bonds is 4. The van der Waals surface area contributed by atoms with E-state index in [1.54, 1.807) is 6.92 Å². The highest BCUT2D eigenvalue weighted by atomic mass is 35.7. The molecule has 0 aliphatic rings. The normalized spacial score (nSPS) is 11.2. The standard InChI is InChI=1S/C9H10Cl2O4S/c1-3-15-8-5-6(16(11,12)13)4-7(10)9(8)14-2/h4-5H,3H2,1-2H3. The van der Waals surface area contributed by atoms with Gasteiger partial charge in [-0.2, -0.15) is 0 Å². The molecule has 0 fully saturated rings. The maximum absolute atomic E-state index is 11.2. The molecular formula is C9H10Cl2O4S. The van der Waals surface area contributed by atoms with Crippen molar-refractivity contribution >= 4 is 31.3 Å². The number of hydrogen-bond donors (Lipinski definition) is 0. The van der Waals surface area contributed by atoms with E-state index in [2.05, 4.69) is 0 Å². The lowest BCUT2D eigenvalue weighted by molar-refractivity contribution is 0.310. The summed E-state index contributed by atoms with van der Waals surface area (Å²) in [5.41, 5.74) is 0. The fraction of sp³-hybridized carbons (Fsp3) is 0.333. The molecule has 0 spiro atoms. The highest BCUT2D eigenvalue weighted by Crippen LogP contribution is 2.38. The van der Waals surface area contributed by atoms with Crippen molar-refractivity contribution < 1.29 is 17.9 Å². The first-order chi connectivity index (χ1) is 7.40. The van der Waals surface area contributed by atoms with E-state index < -0.39 is 9.05 Å². The third-order valence-corrected chi connectivity index (χ3v) is 3.38. The third kappa shape index (κ3) is 2.93. The maximum Gasteiger partial charge on any atom is 0.261 e. The summed E-state index contributed by atoms with van der Waals surface area (Å²) >= 11 is 5.85. The fourth-order valence-electron chi connectivity index (χ4n) is 1.15. The highest BCUT2D eigenvalue weighted by molar-refractivity contribution is 8.13. The molecular weight excluding hydrogens is 275 g/mol. The summed E-state index contributed by atoms with van der Waals surface area (Å²) in [6.45, 7) is 2.12. The predicted octanol–water partition coefficient (Wildman–Crippen LogP) is 2.67. The van der Waals surface area contributed by atoms with Gasteiger partial charge in [0, 0.05) is 16.7 Å². The molecule has 0 bridgehead atoms. The lowest BCUT2D eigenvalue weighted by Crippen LogP contribution is -1.99. The van der Waals surface area contributed by atoms with Crippen LogP contribution in [-0.4, -0.2) is 22.1 Å². The van der Waals surface area contributed by atoms with Crippen molar-refractivity contribution in [3.8, 4) is 11.5 Å². The lowest BCUT2D eigenvalue weighted by Gasteiger charge is -2.11. The summed E-state index contributed by atoms with van der Waals surface area (Å²) in [4.78, 5) is -0.122. The van der Waals surface area contributed by atoms with Crippen LogP contribution in [0, 0.1) is 0 Å². The topological polar surface area (TPSA) is 52.6 Å². The Morgan fingerprint density at radius 2 is 2.00 bits per heavy atom. The Kier molecular flexibility index (Phi) is 4.29. The molecule has 1 rings (SSSR count). The van der Waals surface area contributed by atoms with Gasteiger partial charge in [-0.1, -0.05) is 11.6 Å². The van der Waals surface area contributed by atoms with Crippen LogP contribution in [-0.2, 0) is 9.05 Å². The zero-order chi connectivity index (χ0) is 12.3.